The zero-order chi connectivity index (χ0) is 10.5. The van der Waals surface area contributed by atoms with Crippen molar-refractivity contribution >= 4 is 17.3 Å². The SMILES string of the molecule is Clc1ccncc1NCC1CCCNC1. The summed E-state index contributed by atoms with van der Waals surface area (Å²) in [7, 11) is 0. The number of nitrogens with one attached hydrogen (secondary N) is 2. The Balaban J connectivity index is 1.84. The molecule has 0 radical (unpaired) electrons. The van der Waals surface area contributed by atoms with Crippen LogP contribution in [0.2, 0.25) is 5.02 Å². The Kier molecular flexibility index (Phi) is 3.80. The summed E-state index contributed by atoms with van der Waals surface area (Å²) in [6.07, 6.45) is 6.04. The van der Waals surface area contributed by atoms with Crippen LogP contribution in [0, 0.1) is 5.92 Å². The molecule has 4 heteroatoms. The molecule has 0 spiro atoms. The number of piperidine rings is 1. The van der Waals surface area contributed by atoms with E-state index in [1.807, 2.05) is 6.07 Å². The molecule has 1 atom stereocenters. The van der Waals surface area contributed by atoms with Crippen molar-refractivity contribution in [2.45, 2.75) is 12.8 Å². The van der Waals surface area contributed by atoms with E-state index in [4.69, 9.17) is 11.6 Å². The predicted octanol–water partition coefficient (Wildman–Crippen LogP) is 2.15. The van der Waals surface area contributed by atoms with Crippen LogP contribution in [0.15, 0.2) is 18.5 Å². The summed E-state index contributed by atoms with van der Waals surface area (Å²) in [5.74, 6) is 0.704. The Morgan fingerprint density at radius 3 is 3.27 bits per heavy atom. The minimum absolute atomic E-state index is 0.704. The molecule has 0 aliphatic carbocycles. The van der Waals surface area contributed by atoms with E-state index in [2.05, 4.69) is 15.6 Å². The number of hydrogen-bond donors (Lipinski definition) is 2. The first kappa shape index (κ1) is 10.7. The minimum Gasteiger partial charge on any atom is -0.382 e. The maximum atomic E-state index is 6.02. The highest BCUT2D eigenvalue weighted by molar-refractivity contribution is 6.33. The number of nitrogens with zero attached hydrogens (tertiary/aromatic N) is 1. The van der Waals surface area contributed by atoms with Gasteiger partial charge in [0.2, 0.25) is 0 Å². The number of aromatic nitrogens is 1. The maximum Gasteiger partial charge on any atom is 0.0716 e. The molecule has 3 nitrogen and oxygen atoms in total. The molecule has 15 heavy (non-hydrogen) atoms. The highest BCUT2D eigenvalue weighted by atomic mass is 35.5. The Morgan fingerprint density at radius 1 is 1.60 bits per heavy atom. The lowest BCUT2D eigenvalue weighted by Gasteiger charge is -2.23. The van der Waals surface area contributed by atoms with Crippen LogP contribution in [0.1, 0.15) is 12.8 Å². The lowest BCUT2D eigenvalue weighted by atomic mass is 10.00. The van der Waals surface area contributed by atoms with Gasteiger partial charge in [-0.15, -0.1) is 0 Å². The van der Waals surface area contributed by atoms with Crippen LogP contribution in [-0.4, -0.2) is 24.6 Å². The molecule has 1 unspecified atom stereocenters. The van der Waals surface area contributed by atoms with Crippen LogP contribution in [0.4, 0.5) is 5.69 Å². The fourth-order valence-corrected chi connectivity index (χ4v) is 2.03. The third-order valence-corrected chi connectivity index (χ3v) is 3.08. The molecular weight excluding hydrogens is 210 g/mol. The average molecular weight is 226 g/mol. The molecule has 0 aromatic carbocycles. The van der Waals surface area contributed by atoms with Gasteiger partial charge in [0.25, 0.3) is 0 Å². The largest absolute Gasteiger partial charge is 0.382 e. The van der Waals surface area contributed by atoms with Crippen LogP contribution < -0.4 is 10.6 Å². The van der Waals surface area contributed by atoms with Crippen molar-refractivity contribution in [3.8, 4) is 0 Å². The Hall–Kier alpha value is -0.800. The third-order valence-electron chi connectivity index (χ3n) is 2.75. The number of pyridine rings is 1. The molecule has 1 saturated heterocycles. The lowest BCUT2D eigenvalue weighted by Crippen LogP contribution is -2.33. The molecule has 1 aliphatic heterocycles. The van der Waals surface area contributed by atoms with Gasteiger partial charge in [-0.3, -0.25) is 4.98 Å². The average Bonchev–Trinajstić information content (AvgIpc) is 2.29. The molecule has 1 aromatic heterocycles. The van der Waals surface area contributed by atoms with Crippen LogP contribution in [0.3, 0.4) is 0 Å². The number of anilines is 1. The summed E-state index contributed by atoms with van der Waals surface area (Å²) < 4.78 is 0. The van der Waals surface area contributed by atoms with Gasteiger partial charge in [0.05, 0.1) is 16.9 Å². The smallest absolute Gasteiger partial charge is 0.0716 e. The molecule has 2 rings (SSSR count). The highest BCUT2D eigenvalue weighted by Gasteiger charge is 2.12. The predicted molar refractivity (Wildman–Crippen MR) is 63.3 cm³/mol. The van der Waals surface area contributed by atoms with E-state index < -0.39 is 0 Å². The Morgan fingerprint density at radius 2 is 2.53 bits per heavy atom. The van der Waals surface area contributed by atoms with E-state index in [0.29, 0.717) is 5.92 Å². The van der Waals surface area contributed by atoms with Gasteiger partial charge in [-0.2, -0.15) is 0 Å². The number of hydrogen-bond acceptors (Lipinski definition) is 3. The van der Waals surface area contributed by atoms with Crippen molar-refractivity contribution < 1.29 is 0 Å². The quantitative estimate of drug-likeness (QED) is 0.828. The van der Waals surface area contributed by atoms with Crippen molar-refractivity contribution in [1.29, 1.82) is 0 Å². The van der Waals surface area contributed by atoms with Crippen LogP contribution in [0.5, 0.6) is 0 Å². The van der Waals surface area contributed by atoms with Gasteiger partial charge in [-0.25, -0.2) is 0 Å². The summed E-state index contributed by atoms with van der Waals surface area (Å²) in [6.45, 7) is 3.23. The summed E-state index contributed by atoms with van der Waals surface area (Å²) >= 11 is 6.02. The lowest BCUT2D eigenvalue weighted by molar-refractivity contribution is 0.393. The first-order valence-corrected chi connectivity index (χ1v) is 5.78. The van der Waals surface area contributed by atoms with E-state index >= 15 is 0 Å². The molecule has 1 aliphatic rings. The molecular formula is C11H16ClN3. The fraction of sp³-hybridized carbons (Fsp3) is 0.545. The molecule has 2 N–H and O–H groups in total. The zero-order valence-electron chi connectivity index (χ0n) is 8.67. The molecule has 1 aromatic rings. The van der Waals surface area contributed by atoms with E-state index in [9.17, 15) is 0 Å². The highest BCUT2D eigenvalue weighted by Crippen LogP contribution is 2.20. The van der Waals surface area contributed by atoms with E-state index in [1.54, 1.807) is 12.4 Å². The molecule has 1 fully saturated rings. The fourth-order valence-electron chi connectivity index (χ4n) is 1.86. The third kappa shape index (κ3) is 3.08. The van der Waals surface area contributed by atoms with Crippen molar-refractivity contribution in [1.82, 2.24) is 10.3 Å². The first-order chi connectivity index (χ1) is 7.36. The van der Waals surface area contributed by atoms with Crippen molar-refractivity contribution in [3.63, 3.8) is 0 Å². The van der Waals surface area contributed by atoms with Crippen LogP contribution in [-0.2, 0) is 0 Å². The monoisotopic (exact) mass is 225 g/mol. The van der Waals surface area contributed by atoms with Crippen LogP contribution >= 0.6 is 11.6 Å². The number of rotatable bonds is 3. The van der Waals surface area contributed by atoms with Crippen LogP contribution in [0.25, 0.3) is 0 Å². The summed E-state index contributed by atoms with van der Waals surface area (Å²) in [5.41, 5.74) is 0.935. The number of halogens is 1. The standard InChI is InChI=1S/C11H16ClN3/c12-10-3-5-14-8-11(10)15-7-9-2-1-4-13-6-9/h3,5,8-9,13,15H,1-2,4,6-7H2. The maximum absolute atomic E-state index is 6.02. The summed E-state index contributed by atoms with van der Waals surface area (Å²) in [4.78, 5) is 4.05. The van der Waals surface area contributed by atoms with Crippen molar-refractivity contribution in [3.05, 3.63) is 23.5 Å². The van der Waals surface area contributed by atoms with Gasteiger partial charge in [0.15, 0.2) is 0 Å². The van der Waals surface area contributed by atoms with Gasteiger partial charge in [-0.1, -0.05) is 11.6 Å². The van der Waals surface area contributed by atoms with Gasteiger partial charge < -0.3 is 10.6 Å². The Bertz CT molecular complexity index is 310. The Labute approximate surface area is 95.2 Å². The normalized spacial score (nSPS) is 21.3. The van der Waals surface area contributed by atoms with E-state index in [-0.39, 0.29) is 0 Å². The minimum atomic E-state index is 0.704. The first-order valence-electron chi connectivity index (χ1n) is 5.40. The van der Waals surface area contributed by atoms with E-state index in [0.717, 1.165) is 30.3 Å². The second-order valence-corrected chi connectivity index (χ2v) is 4.36. The van der Waals surface area contributed by atoms with Crippen molar-refractivity contribution in [2.75, 3.05) is 25.0 Å². The molecule has 2 heterocycles. The van der Waals surface area contributed by atoms with Gasteiger partial charge >= 0.3 is 0 Å². The second-order valence-electron chi connectivity index (χ2n) is 3.95. The summed E-state index contributed by atoms with van der Waals surface area (Å²) in [6, 6.07) is 1.81. The molecule has 0 bridgehead atoms. The van der Waals surface area contributed by atoms with Crippen molar-refractivity contribution in [2.24, 2.45) is 5.92 Å². The van der Waals surface area contributed by atoms with Gasteiger partial charge in [-0.05, 0) is 37.9 Å². The summed E-state index contributed by atoms with van der Waals surface area (Å²) in [5, 5.41) is 7.49. The van der Waals surface area contributed by atoms with Gasteiger partial charge in [0.1, 0.15) is 0 Å². The van der Waals surface area contributed by atoms with E-state index in [1.165, 1.54) is 12.8 Å². The zero-order valence-corrected chi connectivity index (χ0v) is 9.43. The molecule has 0 saturated carbocycles. The van der Waals surface area contributed by atoms with Gasteiger partial charge in [0, 0.05) is 12.7 Å². The topological polar surface area (TPSA) is 37.0 Å². The molecule has 0 amide bonds. The second kappa shape index (κ2) is 5.33. The molecule has 82 valence electrons.